The highest BCUT2D eigenvalue weighted by molar-refractivity contribution is 5.77. The highest BCUT2D eigenvalue weighted by Crippen LogP contribution is 2.05. The number of azide groups is 1. The van der Waals surface area contributed by atoms with Gasteiger partial charge in [-0.1, -0.05) is 5.11 Å². The molecular formula is C8H14N4O5. The van der Waals surface area contributed by atoms with E-state index in [1.54, 1.807) is 0 Å². The third-order valence-corrected chi connectivity index (χ3v) is 1.96. The van der Waals surface area contributed by atoms with Crippen molar-refractivity contribution in [3.8, 4) is 0 Å². The quantitative estimate of drug-likeness (QED) is 0.178. The van der Waals surface area contributed by atoms with E-state index in [1.807, 2.05) is 0 Å². The standard InChI is InChI=1S/C8H14N4O5/c1-4(14)11-5(3-13)7(16)8(17)6(15)2-10-12-9/h3,5-8,15-17H,2H2,1H3,(H,11,14)/t5-,6+,7+,8+/m0/s1. The largest absolute Gasteiger partial charge is 0.390 e. The number of aliphatic hydroxyl groups excluding tert-OH is 3. The number of aliphatic hydroxyl groups is 3. The van der Waals surface area contributed by atoms with E-state index in [2.05, 4.69) is 15.3 Å². The van der Waals surface area contributed by atoms with Crippen LogP contribution in [0.3, 0.4) is 0 Å². The first-order chi connectivity index (χ1) is 7.93. The maximum atomic E-state index is 10.7. The summed E-state index contributed by atoms with van der Waals surface area (Å²) in [6.07, 6.45) is -4.71. The Balaban J connectivity index is 4.52. The molecule has 1 amide bonds. The number of hydrogen-bond donors (Lipinski definition) is 4. The molecule has 4 atom stereocenters. The molecule has 17 heavy (non-hydrogen) atoms. The molecule has 0 rings (SSSR count). The molecule has 0 radical (unpaired) electrons. The third kappa shape index (κ3) is 5.27. The van der Waals surface area contributed by atoms with Gasteiger partial charge in [-0.2, -0.15) is 0 Å². The van der Waals surface area contributed by atoms with Gasteiger partial charge in [-0.05, 0) is 5.53 Å². The summed E-state index contributed by atoms with van der Waals surface area (Å²) >= 11 is 0. The lowest BCUT2D eigenvalue weighted by Crippen LogP contribution is -2.52. The van der Waals surface area contributed by atoms with Gasteiger partial charge in [-0.15, -0.1) is 0 Å². The maximum absolute atomic E-state index is 10.7. The molecule has 0 aromatic carbocycles. The van der Waals surface area contributed by atoms with Crippen LogP contribution in [-0.4, -0.2) is 58.4 Å². The molecule has 0 saturated heterocycles. The van der Waals surface area contributed by atoms with Crippen molar-refractivity contribution in [1.29, 1.82) is 0 Å². The van der Waals surface area contributed by atoms with Crippen molar-refractivity contribution < 1.29 is 24.9 Å². The summed E-state index contributed by atoms with van der Waals surface area (Å²) in [5.74, 6) is -0.571. The number of carbonyl (C=O) groups excluding carboxylic acids is 2. The Kier molecular flexibility index (Phi) is 6.83. The number of amides is 1. The topological polar surface area (TPSA) is 156 Å². The van der Waals surface area contributed by atoms with Crippen molar-refractivity contribution in [3.63, 3.8) is 0 Å². The first-order valence-corrected chi connectivity index (χ1v) is 4.71. The molecule has 0 aliphatic heterocycles. The second kappa shape index (κ2) is 7.58. The van der Waals surface area contributed by atoms with E-state index < -0.39 is 36.8 Å². The normalized spacial score (nSPS) is 17.2. The Labute approximate surface area is 96.7 Å². The lowest BCUT2D eigenvalue weighted by Gasteiger charge is -2.26. The van der Waals surface area contributed by atoms with Crippen LogP contribution in [0.5, 0.6) is 0 Å². The fourth-order valence-corrected chi connectivity index (χ4v) is 1.10. The Morgan fingerprint density at radius 2 is 2.06 bits per heavy atom. The average Bonchev–Trinajstić information content (AvgIpc) is 2.30. The van der Waals surface area contributed by atoms with Crippen molar-refractivity contribution >= 4 is 12.2 Å². The number of nitrogens with zero attached hydrogens (tertiary/aromatic N) is 3. The minimum Gasteiger partial charge on any atom is -0.390 e. The molecule has 0 bridgehead atoms. The summed E-state index contributed by atoms with van der Waals surface area (Å²) in [4.78, 5) is 23.6. The van der Waals surface area contributed by atoms with Crippen LogP contribution in [0, 0.1) is 0 Å². The molecule has 0 fully saturated rings. The Morgan fingerprint density at radius 3 is 2.47 bits per heavy atom. The lowest BCUT2D eigenvalue weighted by molar-refractivity contribution is -0.128. The van der Waals surface area contributed by atoms with E-state index >= 15 is 0 Å². The van der Waals surface area contributed by atoms with Gasteiger partial charge in [-0.3, -0.25) is 4.79 Å². The van der Waals surface area contributed by atoms with E-state index in [1.165, 1.54) is 0 Å². The van der Waals surface area contributed by atoms with Crippen LogP contribution in [0.15, 0.2) is 5.11 Å². The van der Waals surface area contributed by atoms with Gasteiger partial charge < -0.3 is 25.4 Å². The second-order valence-electron chi connectivity index (χ2n) is 3.32. The fourth-order valence-electron chi connectivity index (χ4n) is 1.10. The fraction of sp³-hybridized carbons (Fsp3) is 0.750. The number of carbonyl (C=O) groups is 2. The van der Waals surface area contributed by atoms with Gasteiger partial charge in [0, 0.05) is 11.8 Å². The van der Waals surface area contributed by atoms with Crippen LogP contribution < -0.4 is 5.32 Å². The van der Waals surface area contributed by atoms with Crippen LogP contribution >= 0.6 is 0 Å². The minimum atomic E-state index is -1.72. The SMILES string of the molecule is CC(=O)N[C@@H](C=O)[C@@H](O)[C@H](O)[C@H](O)CN=[N+]=[N-]. The first kappa shape index (κ1) is 15.3. The van der Waals surface area contributed by atoms with Crippen molar-refractivity contribution in [2.24, 2.45) is 5.11 Å². The van der Waals surface area contributed by atoms with E-state index in [0.29, 0.717) is 0 Å². The van der Waals surface area contributed by atoms with E-state index in [4.69, 9.17) is 5.53 Å². The molecule has 0 saturated carbocycles. The number of aldehydes is 1. The molecule has 0 heterocycles. The van der Waals surface area contributed by atoms with Gasteiger partial charge in [0.25, 0.3) is 0 Å². The summed E-state index contributed by atoms with van der Waals surface area (Å²) in [6, 6.07) is -1.34. The molecule has 0 aliphatic carbocycles. The van der Waals surface area contributed by atoms with Crippen LogP contribution in [0.25, 0.3) is 10.4 Å². The average molecular weight is 246 g/mol. The van der Waals surface area contributed by atoms with E-state index in [9.17, 15) is 24.9 Å². The Morgan fingerprint density at radius 1 is 1.47 bits per heavy atom. The van der Waals surface area contributed by atoms with Crippen LogP contribution in [0.4, 0.5) is 0 Å². The first-order valence-electron chi connectivity index (χ1n) is 4.71. The zero-order valence-electron chi connectivity index (χ0n) is 9.09. The number of rotatable bonds is 7. The summed E-state index contributed by atoms with van der Waals surface area (Å²) < 4.78 is 0. The van der Waals surface area contributed by atoms with Crippen molar-refractivity contribution in [2.45, 2.75) is 31.3 Å². The summed E-state index contributed by atoms with van der Waals surface area (Å²) in [5, 5.41) is 33.3. The molecule has 96 valence electrons. The summed E-state index contributed by atoms with van der Waals surface area (Å²) in [7, 11) is 0. The van der Waals surface area contributed by atoms with Gasteiger partial charge in [0.15, 0.2) is 0 Å². The van der Waals surface area contributed by atoms with Crippen LogP contribution in [0.2, 0.25) is 0 Å². The molecule has 9 nitrogen and oxygen atoms in total. The molecule has 0 aliphatic rings. The van der Waals surface area contributed by atoms with Crippen LogP contribution in [-0.2, 0) is 9.59 Å². The Hall–Kier alpha value is -1.67. The maximum Gasteiger partial charge on any atom is 0.217 e. The molecule has 9 heteroatoms. The minimum absolute atomic E-state index is 0.232. The zero-order chi connectivity index (χ0) is 13.4. The molecular weight excluding hydrogens is 232 g/mol. The van der Waals surface area contributed by atoms with Crippen molar-refractivity contribution in [3.05, 3.63) is 10.4 Å². The summed E-state index contributed by atoms with van der Waals surface area (Å²) in [5.41, 5.74) is 8.00. The van der Waals surface area contributed by atoms with Crippen molar-refractivity contribution in [2.75, 3.05) is 6.54 Å². The second-order valence-corrected chi connectivity index (χ2v) is 3.32. The highest BCUT2D eigenvalue weighted by atomic mass is 16.4. The molecule has 0 unspecified atom stereocenters. The van der Waals surface area contributed by atoms with E-state index in [-0.39, 0.29) is 6.29 Å². The van der Waals surface area contributed by atoms with Gasteiger partial charge >= 0.3 is 0 Å². The number of nitrogens with one attached hydrogen (secondary N) is 1. The highest BCUT2D eigenvalue weighted by Gasteiger charge is 2.31. The lowest BCUT2D eigenvalue weighted by atomic mass is 10.0. The zero-order valence-corrected chi connectivity index (χ0v) is 9.09. The predicted octanol–water partition coefficient (Wildman–Crippen LogP) is -1.92. The van der Waals surface area contributed by atoms with Gasteiger partial charge in [0.1, 0.15) is 24.5 Å². The van der Waals surface area contributed by atoms with Gasteiger partial charge in [0.2, 0.25) is 5.91 Å². The van der Waals surface area contributed by atoms with Gasteiger partial charge in [-0.25, -0.2) is 0 Å². The van der Waals surface area contributed by atoms with Crippen molar-refractivity contribution in [1.82, 2.24) is 5.32 Å². The molecule has 0 aromatic heterocycles. The Bertz CT molecular complexity index is 317. The molecule has 4 N–H and O–H groups in total. The van der Waals surface area contributed by atoms with E-state index in [0.717, 1.165) is 6.92 Å². The third-order valence-electron chi connectivity index (χ3n) is 1.96. The molecule has 0 spiro atoms. The monoisotopic (exact) mass is 246 g/mol. The summed E-state index contributed by atoms with van der Waals surface area (Å²) in [6.45, 7) is 0.673. The van der Waals surface area contributed by atoms with Crippen LogP contribution in [0.1, 0.15) is 6.92 Å². The molecule has 0 aromatic rings. The smallest absolute Gasteiger partial charge is 0.217 e. The van der Waals surface area contributed by atoms with Gasteiger partial charge in [0.05, 0.1) is 12.6 Å². The number of hydrogen-bond acceptors (Lipinski definition) is 6. The predicted molar refractivity (Wildman–Crippen MR) is 55.7 cm³/mol.